The van der Waals surface area contributed by atoms with Gasteiger partial charge in [0.2, 0.25) is 0 Å². The normalized spacial score (nSPS) is 16.0. The summed E-state index contributed by atoms with van der Waals surface area (Å²) in [4.78, 5) is 24.9. The molecule has 1 saturated heterocycles. The number of hydrogen-bond donors (Lipinski definition) is 1. The fourth-order valence-electron chi connectivity index (χ4n) is 2.16. The second-order valence-corrected chi connectivity index (χ2v) is 5.60. The number of aromatic carboxylic acids is 1. The summed E-state index contributed by atoms with van der Waals surface area (Å²) in [5.74, 6) is -0.721. The van der Waals surface area contributed by atoms with Crippen LogP contribution in [0.3, 0.4) is 0 Å². The molecule has 1 heterocycles. The molecule has 1 aromatic carbocycles. The van der Waals surface area contributed by atoms with Crippen molar-refractivity contribution in [2.24, 2.45) is 0 Å². The van der Waals surface area contributed by atoms with Gasteiger partial charge in [0, 0.05) is 13.1 Å². The first kappa shape index (κ1) is 14.8. The van der Waals surface area contributed by atoms with Crippen LogP contribution in [0, 0.1) is 0 Å². The Morgan fingerprint density at radius 1 is 1.35 bits per heavy atom. The fraction of sp³-hybridized carbons (Fsp3) is 0.429. The molecule has 2 rings (SSSR count). The summed E-state index contributed by atoms with van der Waals surface area (Å²) in [5, 5.41) is 8.97. The monoisotopic (exact) mass is 341 g/mol. The third kappa shape index (κ3) is 3.30. The molecule has 1 N–H and O–H groups in total. The van der Waals surface area contributed by atoms with Crippen LogP contribution in [0.25, 0.3) is 0 Å². The molecule has 0 saturated carbocycles. The van der Waals surface area contributed by atoms with Gasteiger partial charge >= 0.3 is 5.97 Å². The van der Waals surface area contributed by atoms with Crippen LogP contribution in [0.15, 0.2) is 22.7 Å². The average molecular weight is 342 g/mol. The Morgan fingerprint density at radius 3 is 2.60 bits per heavy atom. The molecule has 1 aliphatic heterocycles. The number of carboxylic acids is 1. The number of halogens is 1. The topological polar surface area (TPSA) is 66.8 Å². The summed E-state index contributed by atoms with van der Waals surface area (Å²) in [6.45, 7) is 3.21. The molecule has 1 aliphatic rings. The van der Waals surface area contributed by atoms with Gasteiger partial charge in [0.1, 0.15) is 5.75 Å². The molecule has 1 unspecified atom stereocenters. The number of carbonyl (C=O) groups excluding carboxylic acids is 1. The second-order valence-electron chi connectivity index (χ2n) is 4.74. The number of benzene rings is 1. The SMILES string of the molecule is CC(Oc1cc(C(=O)O)ccc1Br)C(=O)N1CCCC1. The maximum Gasteiger partial charge on any atom is 0.335 e. The van der Waals surface area contributed by atoms with Gasteiger partial charge < -0.3 is 14.7 Å². The molecule has 1 aromatic rings. The van der Waals surface area contributed by atoms with Gasteiger partial charge in [0.25, 0.3) is 5.91 Å². The van der Waals surface area contributed by atoms with Crippen molar-refractivity contribution in [3.63, 3.8) is 0 Å². The predicted molar refractivity (Wildman–Crippen MR) is 77.0 cm³/mol. The van der Waals surface area contributed by atoms with Crippen LogP contribution in [0.4, 0.5) is 0 Å². The maximum atomic E-state index is 12.1. The van der Waals surface area contributed by atoms with E-state index in [0.717, 1.165) is 25.9 Å². The highest BCUT2D eigenvalue weighted by Gasteiger charge is 2.25. The van der Waals surface area contributed by atoms with Crippen molar-refractivity contribution in [2.45, 2.75) is 25.9 Å². The van der Waals surface area contributed by atoms with Gasteiger partial charge in [-0.05, 0) is 53.9 Å². The fourth-order valence-corrected chi connectivity index (χ4v) is 2.50. The Balaban J connectivity index is 2.10. The zero-order valence-corrected chi connectivity index (χ0v) is 12.7. The van der Waals surface area contributed by atoms with Crippen LogP contribution >= 0.6 is 15.9 Å². The van der Waals surface area contributed by atoms with E-state index in [1.165, 1.54) is 12.1 Å². The van der Waals surface area contributed by atoms with E-state index in [4.69, 9.17) is 9.84 Å². The summed E-state index contributed by atoms with van der Waals surface area (Å²) in [7, 11) is 0. The predicted octanol–water partition coefficient (Wildman–Crippen LogP) is 2.54. The van der Waals surface area contributed by atoms with Crippen LogP contribution in [0.1, 0.15) is 30.1 Å². The largest absolute Gasteiger partial charge is 0.480 e. The van der Waals surface area contributed by atoms with E-state index < -0.39 is 12.1 Å². The van der Waals surface area contributed by atoms with Crippen LogP contribution < -0.4 is 4.74 Å². The average Bonchev–Trinajstić information content (AvgIpc) is 2.94. The number of amides is 1. The number of carbonyl (C=O) groups is 2. The lowest BCUT2D eigenvalue weighted by molar-refractivity contribution is -0.136. The molecular weight excluding hydrogens is 326 g/mol. The Morgan fingerprint density at radius 2 is 2.00 bits per heavy atom. The molecule has 0 spiro atoms. The standard InChI is InChI=1S/C14H16BrNO4/c1-9(13(17)16-6-2-3-7-16)20-12-8-10(14(18)19)4-5-11(12)15/h4-5,8-9H,2-3,6-7H2,1H3,(H,18,19). The Hall–Kier alpha value is -1.56. The van der Waals surface area contributed by atoms with Crippen molar-refractivity contribution in [3.8, 4) is 5.75 Å². The zero-order valence-electron chi connectivity index (χ0n) is 11.1. The van der Waals surface area contributed by atoms with Crippen LogP contribution in [-0.4, -0.2) is 41.1 Å². The lowest BCUT2D eigenvalue weighted by Crippen LogP contribution is -2.38. The number of likely N-dealkylation sites (tertiary alicyclic amines) is 1. The summed E-state index contributed by atoms with van der Waals surface area (Å²) >= 11 is 3.30. The molecule has 0 radical (unpaired) electrons. The third-order valence-corrected chi connectivity index (χ3v) is 3.90. The number of nitrogens with zero attached hydrogens (tertiary/aromatic N) is 1. The summed E-state index contributed by atoms with van der Waals surface area (Å²) in [6, 6.07) is 4.50. The van der Waals surface area contributed by atoms with Crippen molar-refractivity contribution < 1.29 is 19.4 Å². The quantitative estimate of drug-likeness (QED) is 0.913. The molecule has 5 nitrogen and oxygen atoms in total. The van der Waals surface area contributed by atoms with Crippen molar-refractivity contribution in [1.29, 1.82) is 0 Å². The third-order valence-electron chi connectivity index (χ3n) is 3.25. The summed E-state index contributed by atoms with van der Waals surface area (Å²) < 4.78 is 6.24. The molecule has 0 aromatic heterocycles. The van der Waals surface area contributed by atoms with E-state index in [0.29, 0.717) is 10.2 Å². The van der Waals surface area contributed by atoms with E-state index >= 15 is 0 Å². The highest BCUT2D eigenvalue weighted by Crippen LogP contribution is 2.27. The minimum absolute atomic E-state index is 0.0601. The summed E-state index contributed by atoms with van der Waals surface area (Å²) in [6.07, 6.45) is 1.42. The second kappa shape index (κ2) is 6.26. The Kier molecular flexibility index (Phi) is 4.65. The van der Waals surface area contributed by atoms with Crippen molar-refractivity contribution in [3.05, 3.63) is 28.2 Å². The molecular formula is C14H16BrNO4. The minimum Gasteiger partial charge on any atom is -0.480 e. The van der Waals surface area contributed by atoms with Crippen LogP contribution in [0.5, 0.6) is 5.75 Å². The maximum absolute atomic E-state index is 12.1. The molecule has 0 bridgehead atoms. The molecule has 1 amide bonds. The number of carboxylic acid groups (broad SMARTS) is 1. The number of rotatable bonds is 4. The highest BCUT2D eigenvalue weighted by atomic mass is 79.9. The first-order valence-electron chi connectivity index (χ1n) is 6.47. The lowest BCUT2D eigenvalue weighted by atomic mass is 10.2. The van der Waals surface area contributed by atoms with Gasteiger partial charge in [-0.25, -0.2) is 4.79 Å². The molecule has 6 heteroatoms. The lowest BCUT2D eigenvalue weighted by Gasteiger charge is -2.21. The first-order valence-corrected chi connectivity index (χ1v) is 7.26. The molecule has 1 fully saturated rings. The minimum atomic E-state index is -1.03. The first-order chi connectivity index (χ1) is 9.49. The van der Waals surface area contributed by atoms with E-state index in [9.17, 15) is 9.59 Å². The highest BCUT2D eigenvalue weighted by molar-refractivity contribution is 9.10. The molecule has 20 heavy (non-hydrogen) atoms. The molecule has 1 atom stereocenters. The van der Waals surface area contributed by atoms with E-state index in [-0.39, 0.29) is 11.5 Å². The zero-order chi connectivity index (χ0) is 14.7. The molecule has 108 valence electrons. The Bertz CT molecular complexity index is 526. The van der Waals surface area contributed by atoms with Crippen LogP contribution in [0.2, 0.25) is 0 Å². The Labute approximate surface area is 125 Å². The smallest absolute Gasteiger partial charge is 0.335 e. The van der Waals surface area contributed by atoms with Gasteiger partial charge in [-0.2, -0.15) is 0 Å². The van der Waals surface area contributed by atoms with E-state index in [1.807, 2.05) is 0 Å². The summed E-state index contributed by atoms with van der Waals surface area (Å²) in [5.41, 5.74) is 0.129. The van der Waals surface area contributed by atoms with E-state index in [1.54, 1.807) is 17.9 Å². The molecule has 0 aliphatic carbocycles. The van der Waals surface area contributed by atoms with Gasteiger partial charge in [0.15, 0.2) is 6.10 Å². The van der Waals surface area contributed by atoms with Gasteiger partial charge in [-0.15, -0.1) is 0 Å². The van der Waals surface area contributed by atoms with Crippen molar-refractivity contribution in [2.75, 3.05) is 13.1 Å². The number of hydrogen-bond acceptors (Lipinski definition) is 3. The number of ether oxygens (including phenoxy) is 1. The van der Waals surface area contributed by atoms with Gasteiger partial charge in [0.05, 0.1) is 10.0 Å². The van der Waals surface area contributed by atoms with Crippen LogP contribution in [-0.2, 0) is 4.79 Å². The van der Waals surface area contributed by atoms with Gasteiger partial charge in [-0.1, -0.05) is 0 Å². The van der Waals surface area contributed by atoms with E-state index in [2.05, 4.69) is 15.9 Å². The van der Waals surface area contributed by atoms with Crippen molar-refractivity contribution >= 4 is 27.8 Å². The van der Waals surface area contributed by atoms with Crippen molar-refractivity contribution in [1.82, 2.24) is 4.90 Å². The van der Waals surface area contributed by atoms with Gasteiger partial charge in [-0.3, -0.25) is 4.79 Å².